The molecule has 1 aromatic carbocycles. The molecule has 2 heterocycles. The zero-order chi connectivity index (χ0) is 13.9. The Hall–Kier alpha value is -2.12. The summed E-state index contributed by atoms with van der Waals surface area (Å²) in [6.07, 6.45) is 2.08. The smallest absolute Gasteiger partial charge is 0.147 e. The summed E-state index contributed by atoms with van der Waals surface area (Å²) in [5.74, 6) is 1.04. The molecule has 1 N–H and O–H groups in total. The number of pyridine rings is 1. The van der Waals surface area contributed by atoms with Crippen molar-refractivity contribution in [2.24, 2.45) is 5.92 Å². The topological polar surface area (TPSA) is 60.2 Å². The largest absolute Gasteiger partial charge is 0.396 e. The van der Waals surface area contributed by atoms with Crippen LogP contribution in [0, 0.1) is 17.2 Å². The lowest BCUT2D eigenvalue weighted by Crippen LogP contribution is -2.37. The van der Waals surface area contributed by atoms with Gasteiger partial charge < -0.3 is 10.0 Å². The van der Waals surface area contributed by atoms with Crippen molar-refractivity contribution in [3.63, 3.8) is 0 Å². The molecule has 0 saturated carbocycles. The molecule has 1 unspecified atom stereocenters. The molecule has 4 nitrogen and oxygen atoms in total. The minimum absolute atomic E-state index is 0.200. The number of anilines is 1. The number of nitriles is 1. The van der Waals surface area contributed by atoms with Gasteiger partial charge >= 0.3 is 0 Å². The SMILES string of the molecule is N#Cc1cc2ccccc2nc1N1CCCC(CO)C1. The molecule has 1 saturated heterocycles. The number of para-hydroxylation sites is 1. The van der Waals surface area contributed by atoms with Gasteiger partial charge in [-0.25, -0.2) is 4.98 Å². The van der Waals surface area contributed by atoms with Gasteiger partial charge in [-0.2, -0.15) is 5.26 Å². The van der Waals surface area contributed by atoms with E-state index < -0.39 is 0 Å². The van der Waals surface area contributed by atoms with Gasteiger partial charge in [-0.3, -0.25) is 0 Å². The van der Waals surface area contributed by atoms with Crippen LogP contribution in [-0.4, -0.2) is 29.8 Å². The zero-order valence-corrected chi connectivity index (χ0v) is 11.3. The van der Waals surface area contributed by atoms with Gasteiger partial charge in [-0.1, -0.05) is 18.2 Å². The van der Waals surface area contributed by atoms with Gasteiger partial charge in [0.2, 0.25) is 0 Å². The van der Waals surface area contributed by atoms with Gasteiger partial charge in [0.05, 0.1) is 11.1 Å². The van der Waals surface area contributed by atoms with E-state index in [1.807, 2.05) is 30.3 Å². The maximum absolute atomic E-state index is 9.37. The second-order valence-electron chi connectivity index (χ2n) is 5.30. The maximum atomic E-state index is 9.37. The molecule has 0 radical (unpaired) electrons. The lowest BCUT2D eigenvalue weighted by atomic mass is 9.98. The molecule has 1 aliphatic rings. The van der Waals surface area contributed by atoms with Gasteiger partial charge in [0.1, 0.15) is 11.9 Å². The van der Waals surface area contributed by atoms with Crippen molar-refractivity contribution in [3.8, 4) is 6.07 Å². The molecule has 1 aromatic heterocycles. The van der Waals surface area contributed by atoms with Crippen LogP contribution in [0.15, 0.2) is 30.3 Å². The van der Waals surface area contributed by atoms with Crippen molar-refractivity contribution in [1.29, 1.82) is 5.26 Å². The minimum Gasteiger partial charge on any atom is -0.396 e. The summed E-state index contributed by atoms with van der Waals surface area (Å²) in [4.78, 5) is 6.79. The quantitative estimate of drug-likeness (QED) is 0.907. The van der Waals surface area contributed by atoms with Gasteiger partial charge in [-0.05, 0) is 30.9 Å². The molecule has 0 aliphatic carbocycles. The Morgan fingerprint density at radius 1 is 1.40 bits per heavy atom. The molecular formula is C16H17N3O. The average molecular weight is 267 g/mol. The Labute approximate surface area is 118 Å². The van der Waals surface area contributed by atoms with Crippen LogP contribution in [0.5, 0.6) is 0 Å². The van der Waals surface area contributed by atoms with Gasteiger partial charge in [0.25, 0.3) is 0 Å². The number of piperidine rings is 1. The average Bonchev–Trinajstić information content (AvgIpc) is 2.53. The fraction of sp³-hybridized carbons (Fsp3) is 0.375. The highest BCUT2D eigenvalue weighted by molar-refractivity contribution is 5.83. The van der Waals surface area contributed by atoms with Crippen molar-refractivity contribution in [1.82, 2.24) is 4.98 Å². The molecule has 1 fully saturated rings. The molecule has 102 valence electrons. The van der Waals surface area contributed by atoms with E-state index in [2.05, 4.69) is 16.0 Å². The van der Waals surface area contributed by atoms with Crippen molar-refractivity contribution >= 4 is 16.7 Å². The van der Waals surface area contributed by atoms with E-state index in [0.29, 0.717) is 5.56 Å². The van der Waals surface area contributed by atoms with E-state index in [-0.39, 0.29) is 12.5 Å². The highest BCUT2D eigenvalue weighted by Crippen LogP contribution is 2.27. The Morgan fingerprint density at radius 2 is 2.25 bits per heavy atom. The molecule has 4 heteroatoms. The van der Waals surface area contributed by atoms with E-state index in [0.717, 1.165) is 42.7 Å². The zero-order valence-electron chi connectivity index (χ0n) is 11.3. The number of hydrogen-bond donors (Lipinski definition) is 1. The first-order valence-electron chi connectivity index (χ1n) is 6.97. The minimum atomic E-state index is 0.200. The number of benzene rings is 1. The molecule has 0 bridgehead atoms. The number of aliphatic hydroxyl groups excluding tert-OH is 1. The van der Waals surface area contributed by atoms with Crippen LogP contribution < -0.4 is 4.90 Å². The third kappa shape index (κ3) is 2.33. The van der Waals surface area contributed by atoms with Gasteiger partial charge in [-0.15, -0.1) is 0 Å². The van der Waals surface area contributed by atoms with Crippen LogP contribution in [-0.2, 0) is 0 Å². The molecular weight excluding hydrogens is 250 g/mol. The summed E-state index contributed by atoms with van der Waals surface area (Å²) in [7, 11) is 0. The molecule has 0 spiro atoms. The van der Waals surface area contributed by atoms with Crippen LogP contribution in [0.2, 0.25) is 0 Å². The molecule has 1 aliphatic heterocycles. The Bertz CT molecular complexity index is 662. The van der Waals surface area contributed by atoms with Crippen molar-refractivity contribution in [2.45, 2.75) is 12.8 Å². The lowest BCUT2D eigenvalue weighted by molar-refractivity contribution is 0.208. The first-order valence-corrected chi connectivity index (χ1v) is 6.97. The van der Waals surface area contributed by atoms with Crippen LogP contribution in [0.1, 0.15) is 18.4 Å². The fourth-order valence-electron chi connectivity index (χ4n) is 2.84. The van der Waals surface area contributed by atoms with E-state index in [9.17, 15) is 10.4 Å². The Balaban J connectivity index is 2.03. The maximum Gasteiger partial charge on any atom is 0.147 e. The van der Waals surface area contributed by atoms with Crippen molar-refractivity contribution < 1.29 is 5.11 Å². The summed E-state index contributed by atoms with van der Waals surface area (Å²) in [5.41, 5.74) is 1.52. The third-order valence-corrected chi connectivity index (χ3v) is 3.90. The second-order valence-corrected chi connectivity index (χ2v) is 5.30. The predicted octanol–water partition coefficient (Wildman–Crippen LogP) is 2.32. The summed E-state index contributed by atoms with van der Waals surface area (Å²) in [6, 6.07) is 12.0. The summed E-state index contributed by atoms with van der Waals surface area (Å²) in [5, 5.41) is 19.7. The third-order valence-electron chi connectivity index (χ3n) is 3.90. The van der Waals surface area contributed by atoms with E-state index >= 15 is 0 Å². The van der Waals surface area contributed by atoms with Crippen LogP contribution in [0.4, 0.5) is 5.82 Å². The monoisotopic (exact) mass is 267 g/mol. The Kier molecular flexibility index (Phi) is 3.53. The van der Waals surface area contributed by atoms with E-state index in [1.54, 1.807) is 0 Å². The van der Waals surface area contributed by atoms with Gasteiger partial charge in [0.15, 0.2) is 0 Å². The summed E-state index contributed by atoms with van der Waals surface area (Å²) < 4.78 is 0. The van der Waals surface area contributed by atoms with Crippen LogP contribution >= 0.6 is 0 Å². The molecule has 1 atom stereocenters. The normalized spacial score (nSPS) is 19.0. The van der Waals surface area contributed by atoms with Crippen molar-refractivity contribution in [2.75, 3.05) is 24.6 Å². The molecule has 3 rings (SSSR count). The summed E-state index contributed by atoms with van der Waals surface area (Å²) in [6.45, 7) is 1.87. The van der Waals surface area contributed by atoms with Crippen molar-refractivity contribution in [3.05, 3.63) is 35.9 Å². The standard InChI is InChI=1S/C16H17N3O/c17-9-14-8-13-5-1-2-6-15(13)18-16(14)19-7-3-4-12(10-19)11-20/h1-2,5-6,8,12,20H,3-4,7,10-11H2. The molecule has 0 amide bonds. The molecule has 20 heavy (non-hydrogen) atoms. The van der Waals surface area contributed by atoms with Crippen LogP contribution in [0.3, 0.4) is 0 Å². The number of aliphatic hydroxyl groups is 1. The predicted molar refractivity (Wildman–Crippen MR) is 78.5 cm³/mol. The first kappa shape index (κ1) is 12.9. The first-order chi connectivity index (χ1) is 9.81. The molecule has 2 aromatic rings. The lowest BCUT2D eigenvalue weighted by Gasteiger charge is -2.33. The number of aromatic nitrogens is 1. The number of rotatable bonds is 2. The van der Waals surface area contributed by atoms with Crippen LogP contribution in [0.25, 0.3) is 10.9 Å². The second kappa shape index (κ2) is 5.48. The number of nitrogens with zero attached hydrogens (tertiary/aromatic N) is 3. The Morgan fingerprint density at radius 3 is 3.05 bits per heavy atom. The summed E-state index contributed by atoms with van der Waals surface area (Å²) >= 11 is 0. The fourth-order valence-corrected chi connectivity index (χ4v) is 2.84. The van der Waals surface area contributed by atoms with E-state index in [1.165, 1.54) is 0 Å². The number of hydrogen-bond acceptors (Lipinski definition) is 4. The van der Waals surface area contributed by atoms with E-state index in [4.69, 9.17) is 0 Å². The highest BCUT2D eigenvalue weighted by atomic mass is 16.3. The number of fused-ring (bicyclic) bond motifs is 1. The highest BCUT2D eigenvalue weighted by Gasteiger charge is 2.22. The van der Waals surface area contributed by atoms with Gasteiger partial charge in [0, 0.05) is 25.1 Å².